The molecule has 0 aromatic carbocycles. The SMILES string of the molecule is CC(O)CCN1CCNCC1C. The molecule has 0 saturated carbocycles. The van der Waals surface area contributed by atoms with E-state index >= 15 is 0 Å². The molecule has 3 nitrogen and oxygen atoms in total. The molecular weight excluding hydrogens is 152 g/mol. The molecule has 1 aliphatic heterocycles. The summed E-state index contributed by atoms with van der Waals surface area (Å²) in [7, 11) is 0. The summed E-state index contributed by atoms with van der Waals surface area (Å²) in [6.45, 7) is 8.40. The Hall–Kier alpha value is -0.120. The largest absolute Gasteiger partial charge is 0.393 e. The second-order valence-corrected chi connectivity index (χ2v) is 3.73. The molecule has 0 aromatic heterocycles. The monoisotopic (exact) mass is 172 g/mol. The van der Waals surface area contributed by atoms with Crippen LogP contribution in [0.3, 0.4) is 0 Å². The number of nitrogens with zero attached hydrogens (tertiary/aromatic N) is 1. The fourth-order valence-electron chi connectivity index (χ4n) is 1.57. The van der Waals surface area contributed by atoms with E-state index in [-0.39, 0.29) is 6.10 Å². The summed E-state index contributed by atoms with van der Waals surface area (Å²) in [4.78, 5) is 2.43. The van der Waals surface area contributed by atoms with Crippen LogP contribution in [0.2, 0.25) is 0 Å². The lowest BCUT2D eigenvalue weighted by Gasteiger charge is -2.34. The van der Waals surface area contributed by atoms with E-state index in [0.29, 0.717) is 6.04 Å². The van der Waals surface area contributed by atoms with Crippen molar-refractivity contribution in [3.05, 3.63) is 0 Å². The highest BCUT2D eigenvalue weighted by Crippen LogP contribution is 2.04. The van der Waals surface area contributed by atoms with Crippen molar-refractivity contribution < 1.29 is 5.11 Å². The molecular formula is C9H20N2O. The predicted octanol–water partition coefficient (Wildman–Crippen LogP) is 0.0510. The molecule has 1 rings (SSSR count). The topological polar surface area (TPSA) is 35.5 Å². The summed E-state index contributed by atoms with van der Waals surface area (Å²) >= 11 is 0. The lowest BCUT2D eigenvalue weighted by atomic mass is 10.2. The van der Waals surface area contributed by atoms with Crippen molar-refractivity contribution in [2.75, 3.05) is 26.2 Å². The lowest BCUT2D eigenvalue weighted by molar-refractivity contribution is 0.125. The summed E-state index contributed by atoms with van der Waals surface area (Å²) < 4.78 is 0. The molecule has 2 atom stereocenters. The number of piperazine rings is 1. The molecule has 12 heavy (non-hydrogen) atoms. The number of nitrogens with one attached hydrogen (secondary N) is 1. The van der Waals surface area contributed by atoms with Crippen molar-refractivity contribution >= 4 is 0 Å². The fraction of sp³-hybridized carbons (Fsp3) is 1.00. The molecule has 2 N–H and O–H groups in total. The van der Waals surface area contributed by atoms with Gasteiger partial charge in [0, 0.05) is 32.2 Å². The van der Waals surface area contributed by atoms with E-state index in [4.69, 9.17) is 5.11 Å². The summed E-state index contributed by atoms with van der Waals surface area (Å²) in [6, 6.07) is 0.623. The van der Waals surface area contributed by atoms with Crippen molar-refractivity contribution in [3.63, 3.8) is 0 Å². The maximum absolute atomic E-state index is 9.13. The maximum Gasteiger partial charge on any atom is 0.0524 e. The minimum Gasteiger partial charge on any atom is -0.393 e. The maximum atomic E-state index is 9.13. The van der Waals surface area contributed by atoms with Crippen molar-refractivity contribution in [1.82, 2.24) is 10.2 Å². The number of hydrogen-bond donors (Lipinski definition) is 2. The number of rotatable bonds is 3. The second kappa shape index (κ2) is 4.80. The van der Waals surface area contributed by atoms with Crippen LogP contribution in [0.15, 0.2) is 0 Å². The van der Waals surface area contributed by atoms with Crippen LogP contribution < -0.4 is 5.32 Å². The summed E-state index contributed by atoms with van der Waals surface area (Å²) in [5.41, 5.74) is 0. The average Bonchev–Trinajstić information content (AvgIpc) is 2.03. The van der Waals surface area contributed by atoms with Crippen LogP contribution in [-0.2, 0) is 0 Å². The first-order valence-electron chi connectivity index (χ1n) is 4.83. The van der Waals surface area contributed by atoms with Gasteiger partial charge in [-0.25, -0.2) is 0 Å². The third-order valence-corrected chi connectivity index (χ3v) is 2.47. The molecule has 0 bridgehead atoms. The van der Waals surface area contributed by atoms with Gasteiger partial charge in [0.2, 0.25) is 0 Å². The van der Waals surface area contributed by atoms with Crippen molar-refractivity contribution in [3.8, 4) is 0 Å². The van der Waals surface area contributed by atoms with E-state index in [0.717, 1.165) is 32.6 Å². The van der Waals surface area contributed by atoms with Crippen molar-refractivity contribution in [2.45, 2.75) is 32.4 Å². The normalized spacial score (nSPS) is 28.8. The van der Waals surface area contributed by atoms with E-state index in [1.807, 2.05) is 6.92 Å². The lowest BCUT2D eigenvalue weighted by Crippen LogP contribution is -2.50. The minimum absolute atomic E-state index is 0.160. The van der Waals surface area contributed by atoms with Gasteiger partial charge in [-0.2, -0.15) is 0 Å². The Labute approximate surface area is 74.8 Å². The molecule has 0 radical (unpaired) electrons. The first kappa shape index (κ1) is 9.96. The highest BCUT2D eigenvalue weighted by Gasteiger charge is 2.17. The van der Waals surface area contributed by atoms with Crippen LogP contribution in [0.5, 0.6) is 0 Å². The van der Waals surface area contributed by atoms with Crippen LogP contribution in [0.1, 0.15) is 20.3 Å². The Bertz CT molecular complexity index is 128. The molecule has 3 heteroatoms. The standard InChI is InChI=1S/C9H20N2O/c1-8-7-10-4-6-11(8)5-3-9(2)12/h8-10,12H,3-7H2,1-2H3. The van der Waals surface area contributed by atoms with Gasteiger partial charge in [-0.3, -0.25) is 4.90 Å². The van der Waals surface area contributed by atoms with Crippen LogP contribution in [0.4, 0.5) is 0 Å². The predicted molar refractivity (Wildman–Crippen MR) is 50.2 cm³/mol. The molecule has 1 fully saturated rings. The smallest absolute Gasteiger partial charge is 0.0524 e. The van der Waals surface area contributed by atoms with Gasteiger partial charge in [0.25, 0.3) is 0 Å². The summed E-state index contributed by atoms with van der Waals surface area (Å²) in [6.07, 6.45) is 0.733. The second-order valence-electron chi connectivity index (χ2n) is 3.73. The van der Waals surface area contributed by atoms with Crippen LogP contribution in [0, 0.1) is 0 Å². The third-order valence-electron chi connectivity index (χ3n) is 2.47. The molecule has 72 valence electrons. The first-order chi connectivity index (χ1) is 5.70. The molecule has 0 aromatic rings. The van der Waals surface area contributed by atoms with Gasteiger partial charge >= 0.3 is 0 Å². The number of hydrogen-bond acceptors (Lipinski definition) is 3. The van der Waals surface area contributed by atoms with Gasteiger partial charge in [-0.1, -0.05) is 0 Å². The van der Waals surface area contributed by atoms with E-state index < -0.39 is 0 Å². The van der Waals surface area contributed by atoms with Gasteiger partial charge in [-0.05, 0) is 20.3 Å². The zero-order valence-electron chi connectivity index (χ0n) is 8.08. The first-order valence-corrected chi connectivity index (χ1v) is 4.83. The summed E-state index contributed by atoms with van der Waals surface area (Å²) in [5, 5.41) is 12.5. The van der Waals surface area contributed by atoms with Crippen LogP contribution in [-0.4, -0.2) is 48.3 Å². The number of aliphatic hydroxyl groups excluding tert-OH is 1. The zero-order chi connectivity index (χ0) is 8.97. The van der Waals surface area contributed by atoms with Crippen LogP contribution in [0.25, 0.3) is 0 Å². The Morgan fingerprint density at radius 2 is 2.42 bits per heavy atom. The highest BCUT2D eigenvalue weighted by molar-refractivity contribution is 4.76. The molecule has 2 unspecified atom stereocenters. The molecule has 0 amide bonds. The van der Waals surface area contributed by atoms with Gasteiger partial charge in [0.05, 0.1) is 6.10 Å². The number of aliphatic hydroxyl groups is 1. The molecule has 0 spiro atoms. The van der Waals surface area contributed by atoms with Gasteiger partial charge < -0.3 is 10.4 Å². The summed E-state index contributed by atoms with van der Waals surface area (Å²) in [5.74, 6) is 0. The van der Waals surface area contributed by atoms with Gasteiger partial charge in [-0.15, -0.1) is 0 Å². The Kier molecular flexibility index (Phi) is 3.98. The van der Waals surface area contributed by atoms with Gasteiger partial charge in [0.1, 0.15) is 0 Å². The molecule has 1 aliphatic rings. The highest BCUT2D eigenvalue weighted by atomic mass is 16.3. The van der Waals surface area contributed by atoms with E-state index in [9.17, 15) is 0 Å². The third kappa shape index (κ3) is 3.09. The van der Waals surface area contributed by atoms with Crippen molar-refractivity contribution in [2.24, 2.45) is 0 Å². The quantitative estimate of drug-likeness (QED) is 0.631. The Morgan fingerprint density at radius 1 is 1.67 bits per heavy atom. The van der Waals surface area contributed by atoms with E-state index in [2.05, 4.69) is 17.1 Å². The van der Waals surface area contributed by atoms with E-state index in [1.165, 1.54) is 0 Å². The van der Waals surface area contributed by atoms with Gasteiger partial charge in [0.15, 0.2) is 0 Å². The Balaban J connectivity index is 2.20. The zero-order valence-corrected chi connectivity index (χ0v) is 8.08. The Morgan fingerprint density at radius 3 is 3.00 bits per heavy atom. The molecule has 0 aliphatic carbocycles. The molecule has 1 saturated heterocycles. The van der Waals surface area contributed by atoms with Crippen molar-refractivity contribution in [1.29, 1.82) is 0 Å². The molecule has 1 heterocycles. The minimum atomic E-state index is -0.160. The fourth-order valence-corrected chi connectivity index (χ4v) is 1.57. The van der Waals surface area contributed by atoms with Crippen LogP contribution >= 0.6 is 0 Å². The average molecular weight is 172 g/mol. The van der Waals surface area contributed by atoms with E-state index in [1.54, 1.807) is 0 Å².